The highest BCUT2D eigenvalue weighted by atomic mass is 16.5. The van der Waals surface area contributed by atoms with Gasteiger partial charge in [0.25, 0.3) is 0 Å². The Kier molecular flexibility index (Phi) is 5.85. The molecule has 0 bridgehead atoms. The van der Waals surface area contributed by atoms with Crippen LogP contribution < -0.4 is 5.32 Å². The summed E-state index contributed by atoms with van der Waals surface area (Å²) in [5.74, 6) is 1.70. The summed E-state index contributed by atoms with van der Waals surface area (Å²) in [6, 6.07) is 0.383. The number of carbonyl (C=O) groups is 1. The van der Waals surface area contributed by atoms with Crippen LogP contribution >= 0.6 is 0 Å². The number of nitrogens with one attached hydrogen (secondary N) is 1. The highest BCUT2D eigenvalue weighted by Crippen LogP contribution is 2.35. The van der Waals surface area contributed by atoms with Gasteiger partial charge in [-0.25, -0.2) is 0 Å². The molecular formula is C16H30N2O2. The molecule has 4 heteroatoms. The van der Waals surface area contributed by atoms with Gasteiger partial charge < -0.3 is 15.0 Å². The van der Waals surface area contributed by atoms with Crippen LogP contribution in [-0.2, 0) is 9.53 Å². The van der Waals surface area contributed by atoms with Gasteiger partial charge in [-0.05, 0) is 51.0 Å². The van der Waals surface area contributed by atoms with Crippen molar-refractivity contribution in [3.05, 3.63) is 0 Å². The van der Waals surface area contributed by atoms with Crippen molar-refractivity contribution in [1.29, 1.82) is 0 Å². The van der Waals surface area contributed by atoms with E-state index in [-0.39, 0.29) is 6.04 Å². The van der Waals surface area contributed by atoms with E-state index in [4.69, 9.17) is 4.74 Å². The lowest BCUT2D eigenvalue weighted by molar-refractivity contribution is -0.137. The molecule has 116 valence electrons. The Balaban J connectivity index is 1.96. The summed E-state index contributed by atoms with van der Waals surface area (Å²) in [7, 11) is 1.70. The topological polar surface area (TPSA) is 41.6 Å². The molecule has 1 saturated carbocycles. The fourth-order valence-corrected chi connectivity index (χ4v) is 3.29. The third-order valence-electron chi connectivity index (χ3n) is 5.00. The predicted molar refractivity (Wildman–Crippen MR) is 80.6 cm³/mol. The maximum absolute atomic E-state index is 12.8. The lowest BCUT2D eigenvalue weighted by atomic mass is 9.89. The molecule has 0 aromatic rings. The molecule has 1 N–H and O–H groups in total. The van der Waals surface area contributed by atoms with Gasteiger partial charge in [0.1, 0.15) is 0 Å². The van der Waals surface area contributed by atoms with Crippen LogP contribution in [0.5, 0.6) is 0 Å². The summed E-state index contributed by atoms with van der Waals surface area (Å²) in [5, 5.41) is 3.42. The molecule has 0 aromatic heterocycles. The molecule has 3 unspecified atom stereocenters. The normalized spacial score (nSPS) is 28.1. The van der Waals surface area contributed by atoms with Gasteiger partial charge in [0.2, 0.25) is 5.91 Å². The summed E-state index contributed by atoms with van der Waals surface area (Å²) in [5.41, 5.74) is 0. The molecule has 2 fully saturated rings. The van der Waals surface area contributed by atoms with Gasteiger partial charge in [-0.2, -0.15) is 0 Å². The zero-order valence-electron chi connectivity index (χ0n) is 13.2. The van der Waals surface area contributed by atoms with Crippen LogP contribution in [0.15, 0.2) is 0 Å². The van der Waals surface area contributed by atoms with Crippen LogP contribution in [0.25, 0.3) is 0 Å². The summed E-state index contributed by atoms with van der Waals surface area (Å²) in [4.78, 5) is 14.9. The van der Waals surface area contributed by atoms with E-state index in [2.05, 4.69) is 24.1 Å². The van der Waals surface area contributed by atoms with E-state index in [1.165, 1.54) is 25.7 Å². The second kappa shape index (κ2) is 7.41. The summed E-state index contributed by atoms with van der Waals surface area (Å²) in [6.45, 7) is 6.76. The van der Waals surface area contributed by atoms with E-state index in [0.717, 1.165) is 19.5 Å². The minimum Gasteiger partial charge on any atom is -0.383 e. The number of carbonyl (C=O) groups excluding carboxylic acids is 1. The first-order valence-electron chi connectivity index (χ1n) is 8.20. The largest absolute Gasteiger partial charge is 0.383 e. The summed E-state index contributed by atoms with van der Waals surface area (Å²) in [6.07, 6.45) is 5.93. The maximum atomic E-state index is 12.8. The molecule has 0 aromatic carbocycles. The van der Waals surface area contributed by atoms with Crippen molar-refractivity contribution in [3.63, 3.8) is 0 Å². The molecule has 4 nitrogen and oxygen atoms in total. The first kappa shape index (κ1) is 15.8. The Morgan fingerprint density at radius 3 is 2.75 bits per heavy atom. The van der Waals surface area contributed by atoms with E-state index < -0.39 is 0 Å². The zero-order chi connectivity index (χ0) is 14.5. The van der Waals surface area contributed by atoms with Crippen LogP contribution in [0, 0.1) is 11.8 Å². The third kappa shape index (κ3) is 3.95. The van der Waals surface area contributed by atoms with Crippen molar-refractivity contribution in [2.45, 2.75) is 58.0 Å². The van der Waals surface area contributed by atoms with E-state index in [1.54, 1.807) is 7.11 Å². The number of piperidine rings is 1. The van der Waals surface area contributed by atoms with Crippen molar-refractivity contribution < 1.29 is 9.53 Å². The predicted octanol–water partition coefficient (Wildman–Crippen LogP) is 2.04. The van der Waals surface area contributed by atoms with Gasteiger partial charge in [0, 0.05) is 19.7 Å². The number of nitrogens with zero attached hydrogens (tertiary/aromatic N) is 1. The number of methoxy groups -OCH3 is 1. The molecule has 2 aliphatic rings. The molecule has 0 spiro atoms. The highest BCUT2D eigenvalue weighted by Gasteiger charge is 2.37. The van der Waals surface area contributed by atoms with Gasteiger partial charge in [0.05, 0.1) is 12.6 Å². The second-order valence-corrected chi connectivity index (χ2v) is 6.41. The average Bonchev–Trinajstić information content (AvgIpc) is 3.32. The van der Waals surface area contributed by atoms with Gasteiger partial charge in [-0.1, -0.05) is 13.3 Å². The molecule has 1 aliphatic heterocycles. The molecule has 0 radical (unpaired) electrons. The van der Waals surface area contributed by atoms with E-state index in [0.29, 0.717) is 30.4 Å². The monoisotopic (exact) mass is 282 g/mol. The van der Waals surface area contributed by atoms with Crippen molar-refractivity contribution in [2.75, 3.05) is 26.8 Å². The average molecular weight is 282 g/mol. The number of hydrogen-bond donors (Lipinski definition) is 1. The fraction of sp³-hybridized carbons (Fsp3) is 0.938. The van der Waals surface area contributed by atoms with Gasteiger partial charge in [0.15, 0.2) is 0 Å². The Morgan fingerprint density at radius 2 is 2.15 bits per heavy atom. The molecule has 1 aliphatic carbocycles. The Labute approximate surface area is 123 Å². The quantitative estimate of drug-likeness (QED) is 0.777. The van der Waals surface area contributed by atoms with Crippen molar-refractivity contribution in [3.8, 4) is 0 Å². The number of rotatable bonds is 7. The summed E-state index contributed by atoms with van der Waals surface area (Å²) >= 11 is 0. The standard InChI is InChI=1S/C16H30N2O2/c1-4-13-7-8-17-15(11-13)16(19)18(9-10-20-3)12(2)14-5-6-14/h12-15,17H,4-11H2,1-3H3. The highest BCUT2D eigenvalue weighted by molar-refractivity contribution is 5.82. The van der Waals surface area contributed by atoms with Crippen LogP contribution in [0.2, 0.25) is 0 Å². The Morgan fingerprint density at radius 1 is 1.40 bits per heavy atom. The molecule has 1 heterocycles. The van der Waals surface area contributed by atoms with Crippen LogP contribution in [0.1, 0.15) is 46.0 Å². The SMILES string of the molecule is CCC1CCNC(C(=O)N(CCOC)C(C)C2CC2)C1. The van der Waals surface area contributed by atoms with Crippen molar-refractivity contribution >= 4 is 5.91 Å². The van der Waals surface area contributed by atoms with E-state index in [9.17, 15) is 4.79 Å². The smallest absolute Gasteiger partial charge is 0.240 e. The molecule has 20 heavy (non-hydrogen) atoms. The number of ether oxygens (including phenoxy) is 1. The van der Waals surface area contributed by atoms with Crippen LogP contribution in [-0.4, -0.2) is 49.7 Å². The summed E-state index contributed by atoms with van der Waals surface area (Å²) < 4.78 is 5.19. The van der Waals surface area contributed by atoms with Crippen molar-refractivity contribution in [1.82, 2.24) is 10.2 Å². The minimum atomic E-state index is 0.0201. The molecule has 3 atom stereocenters. The second-order valence-electron chi connectivity index (χ2n) is 6.41. The fourth-order valence-electron chi connectivity index (χ4n) is 3.29. The first-order chi connectivity index (χ1) is 9.67. The van der Waals surface area contributed by atoms with Crippen LogP contribution in [0.4, 0.5) is 0 Å². The van der Waals surface area contributed by atoms with Crippen LogP contribution in [0.3, 0.4) is 0 Å². The van der Waals surface area contributed by atoms with Gasteiger partial charge in [-0.15, -0.1) is 0 Å². The zero-order valence-corrected chi connectivity index (χ0v) is 13.2. The van der Waals surface area contributed by atoms with E-state index in [1.807, 2.05) is 0 Å². The Bertz CT molecular complexity index is 318. The van der Waals surface area contributed by atoms with E-state index >= 15 is 0 Å². The van der Waals surface area contributed by atoms with Crippen molar-refractivity contribution in [2.24, 2.45) is 11.8 Å². The van der Waals surface area contributed by atoms with Gasteiger partial charge in [-0.3, -0.25) is 4.79 Å². The molecule has 2 rings (SSSR count). The first-order valence-corrected chi connectivity index (χ1v) is 8.20. The Hall–Kier alpha value is -0.610. The molecular weight excluding hydrogens is 252 g/mol. The molecule has 1 amide bonds. The molecule has 1 saturated heterocycles. The number of amides is 1. The lowest BCUT2D eigenvalue weighted by Gasteiger charge is -2.36. The van der Waals surface area contributed by atoms with Gasteiger partial charge >= 0.3 is 0 Å². The lowest BCUT2D eigenvalue weighted by Crippen LogP contribution is -2.53. The third-order valence-corrected chi connectivity index (χ3v) is 5.00. The number of hydrogen-bond acceptors (Lipinski definition) is 3. The maximum Gasteiger partial charge on any atom is 0.240 e. The minimum absolute atomic E-state index is 0.0201.